The average molecular weight is 418 g/mol. The summed E-state index contributed by atoms with van der Waals surface area (Å²) in [5.74, 6) is 1.81. The number of rotatable bonds is 5. The van der Waals surface area contributed by atoms with Gasteiger partial charge in [-0.2, -0.15) is 5.10 Å². The standard InChI is InChI=1S/C24H22N2O5/c1-3-29-21-7-4-6-17-19-14-18(20-8-5-13-30-20)25-26(19)23(31-22(17)21)15-9-11-16(12-10-15)24(27)28-2/h4-13,19,23H,3,14H2,1-2H3/t19-,23-/m0/s1. The molecule has 5 rings (SSSR count). The Hall–Kier alpha value is -3.74. The fraction of sp³-hybridized carbons (Fsp3) is 0.250. The Labute approximate surface area is 179 Å². The number of para-hydroxylation sites is 1. The zero-order chi connectivity index (χ0) is 21.4. The van der Waals surface area contributed by atoms with E-state index in [0.717, 1.165) is 28.3 Å². The van der Waals surface area contributed by atoms with Gasteiger partial charge in [-0.25, -0.2) is 9.80 Å². The van der Waals surface area contributed by atoms with Gasteiger partial charge in [0.25, 0.3) is 0 Å². The summed E-state index contributed by atoms with van der Waals surface area (Å²) < 4.78 is 22.7. The van der Waals surface area contributed by atoms with Crippen LogP contribution in [0.25, 0.3) is 0 Å². The maximum atomic E-state index is 11.8. The van der Waals surface area contributed by atoms with Crippen molar-refractivity contribution in [2.24, 2.45) is 5.10 Å². The highest BCUT2D eigenvalue weighted by molar-refractivity contribution is 5.99. The van der Waals surface area contributed by atoms with Crippen LogP contribution < -0.4 is 9.47 Å². The molecule has 7 nitrogen and oxygen atoms in total. The zero-order valence-electron chi connectivity index (χ0n) is 17.3. The minimum atomic E-state index is -0.474. The number of carbonyl (C=O) groups excluding carboxylic acids is 1. The molecule has 0 spiro atoms. The lowest BCUT2D eigenvalue weighted by Crippen LogP contribution is -2.34. The molecule has 0 saturated carbocycles. The molecule has 2 atom stereocenters. The molecule has 31 heavy (non-hydrogen) atoms. The molecule has 158 valence electrons. The number of nitrogens with zero attached hydrogens (tertiary/aromatic N) is 2. The van der Waals surface area contributed by atoms with Crippen LogP contribution in [0.5, 0.6) is 11.5 Å². The number of benzene rings is 2. The second-order valence-corrected chi connectivity index (χ2v) is 7.32. The third-order valence-corrected chi connectivity index (χ3v) is 5.50. The Morgan fingerprint density at radius 1 is 1.16 bits per heavy atom. The molecule has 2 aliphatic heterocycles. The first-order chi connectivity index (χ1) is 15.2. The Morgan fingerprint density at radius 2 is 2.00 bits per heavy atom. The normalized spacial score (nSPS) is 19.2. The molecule has 0 N–H and O–H groups in total. The molecule has 2 aliphatic rings. The Kier molecular flexibility index (Phi) is 4.86. The van der Waals surface area contributed by atoms with Crippen molar-refractivity contribution in [2.45, 2.75) is 25.6 Å². The molecule has 0 bridgehead atoms. The van der Waals surface area contributed by atoms with E-state index in [2.05, 4.69) is 0 Å². The molecule has 0 saturated heterocycles. The van der Waals surface area contributed by atoms with Gasteiger partial charge in [0.2, 0.25) is 6.23 Å². The summed E-state index contributed by atoms with van der Waals surface area (Å²) >= 11 is 0. The number of furan rings is 1. The fourth-order valence-electron chi connectivity index (χ4n) is 4.07. The Balaban J connectivity index is 1.57. The van der Waals surface area contributed by atoms with Crippen molar-refractivity contribution in [3.63, 3.8) is 0 Å². The third-order valence-electron chi connectivity index (χ3n) is 5.50. The number of hydrogen-bond donors (Lipinski definition) is 0. The lowest BCUT2D eigenvalue weighted by Gasteiger charge is -2.38. The highest BCUT2D eigenvalue weighted by Crippen LogP contribution is 2.50. The minimum absolute atomic E-state index is 0.0189. The van der Waals surface area contributed by atoms with Crippen molar-refractivity contribution < 1.29 is 23.4 Å². The SMILES string of the molecule is CCOc1cccc2c1O[C@@H](c1ccc(C(=O)OC)cc1)N1N=C(c3ccco3)C[C@@H]21. The number of carbonyl (C=O) groups is 1. The molecule has 2 aromatic carbocycles. The maximum absolute atomic E-state index is 11.8. The van der Waals surface area contributed by atoms with E-state index in [-0.39, 0.29) is 12.0 Å². The molecule has 7 heteroatoms. The van der Waals surface area contributed by atoms with Crippen molar-refractivity contribution in [3.05, 3.63) is 83.3 Å². The van der Waals surface area contributed by atoms with Gasteiger partial charge in [0.05, 0.1) is 31.6 Å². The zero-order valence-corrected chi connectivity index (χ0v) is 17.3. The van der Waals surface area contributed by atoms with Crippen LogP contribution in [0.1, 0.15) is 52.9 Å². The van der Waals surface area contributed by atoms with Gasteiger partial charge in [0.1, 0.15) is 11.5 Å². The fourth-order valence-corrected chi connectivity index (χ4v) is 4.07. The van der Waals surface area contributed by atoms with Crippen molar-refractivity contribution in [1.82, 2.24) is 5.01 Å². The highest BCUT2D eigenvalue weighted by atomic mass is 16.5. The van der Waals surface area contributed by atoms with Gasteiger partial charge in [-0.1, -0.05) is 24.3 Å². The third kappa shape index (κ3) is 3.32. The van der Waals surface area contributed by atoms with E-state index < -0.39 is 6.23 Å². The predicted octanol–water partition coefficient (Wildman–Crippen LogP) is 4.71. The molecule has 3 heterocycles. The van der Waals surface area contributed by atoms with Crippen LogP contribution in [0.2, 0.25) is 0 Å². The minimum Gasteiger partial charge on any atom is -0.490 e. The summed E-state index contributed by atoms with van der Waals surface area (Å²) in [5.41, 5.74) is 3.25. The van der Waals surface area contributed by atoms with Crippen LogP contribution in [0, 0.1) is 0 Å². The van der Waals surface area contributed by atoms with Gasteiger partial charge in [-0.3, -0.25) is 0 Å². The van der Waals surface area contributed by atoms with Gasteiger partial charge < -0.3 is 18.6 Å². The van der Waals surface area contributed by atoms with Gasteiger partial charge in [0, 0.05) is 17.5 Å². The van der Waals surface area contributed by atoms with Gasteiger partial charge in [-0.05, 0) is 37.3 Å². The summed E-state index contributed by atoms with van der Waals surface area (Å²) in [6.45, 7) is 2.49. The summed E-state index contributed by atoms with van der Waals surface area (Å²) in [6, 6.07) is 16.9. The van der Waals surface area contributed by atoms with Gasteiger partial charge >= 0.3 is 5.97 Å². The van der Waals surface area contributed by atoms with Crippen LogP contribution >= 0.6 is 0 Å². The summed E-state index contributed by atoms with van der Waals surface area (Å²) in [6.07, 6.45) is 1.87. The summed E-state index contributed by atoms with van der Waals surface area (Å²) in [5, 5.41) is 6.82. The van der Waals surface area contributed by atoms with E-state index in [1.54, 1.807) is 18.4 Å². The molecule has 0 amide bonds. The Bertz CT molecular complexity index is 1120. The molecule has 0 unspecified atom stereocenters. The van der Waals surface area contributed by atoms with Crippen LogP contribution in [0.15, 0.2) is 70.4 Å². The maximum Gasteiger partial charge on any atom is 0.337 e. The molecule has 0 radical (unpaired) electrons. The largest absolute Gasteiger partial charge is 0.490 e. The molecule has 3 aromatic rings. The number of hydrogen-bond acceptors (Lipinski definition) is 7. The first-order valence-corrected chi connectivity index (χ1v) is 10.2. The molecule has 0 fully saturated rings. The topological polar surface area (TPSA) is 73.5 Å². The number of ether oxygens (including phenoxy) is 3. The second-order valence-electron chi connectivity index (χ2n) is 7.32. The van der Waals surface area contributed by atoms with E-state index in [1.807, 2.05) is 54.4 Å². The quantitative estimate of drug-likeness (QED) is 0.559. The predicted molar refractivity (Wildman–Crippen MR) is 113 cm³/mol. The molecular formula is C24H22N2O5. The number of methoxy groups -OCH3 is 1. The number of esters is 1. The summed E-state index contributed by atoms with van der Waals surface area (Å²) in [4.78, 5) is 11.8. The van der Waals surface area contributed by atoms with E-state index in [0.29, 0.717) is 24.3 Å². The van der Waals surface area contributed by atoms with E-state index >= 15 is 0 Å². The second kappa shape index (κ2) is 7.83. The molecule has 0 aliphatic carbocycles. The van der Waals surface area contributed by atoms with Crippen molar-refractivity contribution >= 4 is 11.7 Å². The van der Waals surface area contributed by atoms with E-state index in [1.165, 1.54) is 7.11 Å². The monoisotopic (exact) mass is 418 g/mol. The molecular weight excluding hydrogens is 396 g/mol. The Morgan fingerprint density at radius 3 is 2.71 bits per heavy atom. The lowest BCUT2D eigenvalue weighted by molar-refractivity contribution is -0.0212. The lowest BCUT2D eigenvalue weighted by atomic mass is 9.97. The van der Waals surface area contributed by atoms with Crippen LogP contribution in [0.3, 0.4) is 0 Å². The molecule has 1 aromatic heterocycles. The van der Waals surface area contributed by atoms with E-state index in [4.69, 9.17) is 23.7 Å². The number of fused-ring (bicyclic) bond motifs is 3. The van der Waals surface area contributed by atoms with Gasteiger partial charge in [0.15, 0.2) is 11.5 Å². The van der Waals surface area contributed by atoms with Crippen molar-refractivity contribution in [3.8, 4) is 11.5 Å². The summed E-state index contributed by atoms with van der Waals surface area (Å²) in [7, 11) is 1.37. The first-order valence-electron chi connectivity index (χ1n) is 10.2. The van der Waals surface area contributed by atoms with Crippen LogP contribution in [0.4, 0.5) is 0 Å². The smallest absolute Gasteiger partial charge is 0.337 e. The van der Waals surface area contributed by atoms with Crippen LogP contribution in [-0.4, -0.2) is 30.4 Å². The number of hydrazone groups is 1. The van der Waals surface area contributed by atoms with Crippen molar-refractivity contribution in [1.29, 1.82) is 0 Å². The van der Waals surface area contributed by atoms with Crippen molar-refractivity contribution in [2.75, 3.05) is 13.7 Å². The average Bonchev–Trinajstić information content (AvgIpc) is 3.49. The van der Waals surface area contributed by atoms with Crippen LogP contribution in [-0.2, 0) is 4.74 Å². The first kappa shape index (κ1) is 19.2. The van der Waals surface area contributed by atoms with Gasteiger partial charge in [-0.15, -0.1) is 0 Å². The highest BCUT2D eigenvalue weighted by Gasteiger charge is 2.42. The van der Waals surface area contributed by atoms with E-state index in [9.17, 15) is 4.79 Å².